The molecule has 378 valence electrons. The normalized spacial score (nSPS) is 38.4. The third kappa shape index (κ3) is 14.8. The van der Waals surface area contributed by atoms with Crippen molar-refractivity contribution in [3.05, 3.63) is 47.6 Å². The molecule has 13 nitrogen and oxygen atoms in total. The first-order valence-corrected chi connectivity index (χ1v) is 25.2. The van der Waals surface area contributed by atoms with Gasteiger partial charge >= 0.3 is 5.97 Å². The van der Waals surface area contributed by atoms with Gasteiger partial charge in [0.25, 0.3) is 11.7 Å². The molecule has 1 aliphatic carbocycles. The van der Waals surface area contributed by atoms with Crippen LogP contribution < -0.4 is 0 Å². The number of rotatable bonds is 7. The predicted octanol–water partition coefficient (Wildman–Crippen LogP) is 8.09. The van der Waals surface area contributed by atoms with E-state index < -0.39 is 77.8 Å². The number of aliphatic hydroxyl groups is 2. The van der Waals surface area contributed by atoms with Gasteiger partial charge in [-0.1, -0.05) is 84.9 Å². The minimum Gasteiger partial charge on any atom is -0.460 e. The number of amides is 1. The van der Waals surface area contributed by atoms with E-state index in [1.165, 1.54) is 12.0 Å². The highest BCUT2D eigenvalue weighted by Gasteiger charge is 2.53. The number of Topliss-reactive ketones (excluding diaryl/α,β-unsaturated/α-hetero) is 3. The predicted molar refractivity (Wildman–Crippen MR) is 257 cm³/mol. The second kappa shape index (κ2) is 26.0. The number of aliphatic hydroxyl groups excluding tert-OH is 1. The number of allylic oxidation sites excluding steroid dienone is 6. The number of carbonyl (C=O) groups excluding carboxylic acids is 5. The molecule has 1 saturated carbocycles. The van der Waals surface area contributed by atoms with Gasteiger partial charge < -0.3 is 38.8 Å². The molecule has 0 aromatic carbocycles. The number of piperidine rings is 1. The molecule has 4 rings (SSSR count). The minimum absolute atomic E-state index is 0.0289. The van der Waals surface area contributed by atoms with E-state index in [1.54, 1.807) is 41.1 Å². The molecule has 2 saturated heterocycles. The number of esters is 1. The molecule has 0 spiro atoms. The van der Waals surface area contributed by atoms with Gasteiger partial charge in [0.15, 0.2) is 5.78 Å². The van der Waals surface area contributed by atoms with Crippen molar-refractivity contribution in [2.75, 3.05) is 27.9 Å². The third-order valence-corrected chi connectivity index (χ3v) is 15.4. The molecule has 1 amide bonds. The molecule has 13 heteroatoms. The van der Waals surface area contributed by atoms with Crippen LogP contribution in [0.15, 0.2) is 47.6 Å². The summed E-state index contributed by atoms with van der Waals surface area (Å²) >= 11 is 0. The molecule has 0 aromatic rings. The molecular weight excluding hydrogens is 855 g/mol. The fraction of sp³-hybridized carbons (Fsp3) is 0.759. The second-order valence-electron chi connectivity index (χ2n) is 20.9. The van der Waals surface area contributed by atoms with E-state index in [0.29, 0.717) is 62.4 Å². The Kier molecular flexibility index (Phi) is 21.9. The monoisotopic (exact) mass is 940 g/mol. The largest absolute Gasteiger partial charge is 0.460 e. The van der Waals surface area contributed by atoms with E-state index in [0.717, 1.165) is 24.8 Å². The fourth-order valence-corrected chi connectivity index (χ4v) is 10.9. The zero-order valence-corrected chi connectivity index (χ0v) is 42.7. The lowest BCUT2D eigenvalue weighted by molar-refractivity contribution is -0.265. The van der Waals surface area contributed by atoms with Crippen LogP contribution in [0.3, 0.4) is 0 Å². The molecular formula is C54H85NO12. The van der Waals surface area contributed by atoms with Crippen molar-refractivity contribution < 1.29 is 57.9 Å². The van der Waals surface area contributed by atoms with Crippen molar-refractivity contribution >= 4 is 29.2 Å². The van der Waals surface area contributed by atoms with Gasteiger partial charge in [-0.3, -0.25) is 19.2 Å². The number of hydrogen-bond donors (Lipinski definition) is 2. The Morgan fingerprint density at radius 3 is 2.21 bits per heavy atom. The van der Waals surface area contributed by atoms with E-state index in [4.69, 9.17) is 23.7 Å². The van der Waals surface area contributed by atoms with Gasteiger partial charge in [0, 0.05) is 58.5 Å². The van der Waals surface area contributed by atoms with Crippen LogP contribution in [0.25, 0.3) is 0 Å². The molecule has 67 heavy (non-hydrogen) atoms. The number of cyclic esters (lactones) is 1. The molecule has 0 unspecified atom stereocenters. The summed E-state index contributed by atoms with van der Waals surface area (Å²) in [5.74, 6) is -6.61. The summed E-state index contributed by atoms with van der Waals surface area (Å²) in [6.07, 6.45) is 13.6. The van der Waals surface area contributed by atoms with Crippen molar-refractivity contribution in [2.24, 2.45) is 47.3 Å². The van der Waals surface area contributed by atoms with Crippen molar-refractivity contribution in [1.82, 2.24) is 4.90 Å². The Morgan fingerprint density at radius 2 is 1.55 bits per heavy atom. The maximum atomic E-state index is 14.5. The molecule has 3 aliphatic heterocycles. The SMILES string of the molecule is CO[C@H]1C[C@@H]2CC[C@@H](C)[C@@](O)(O2)C(=O)C(=O)N2CCCC[C@H]2C(=O)O[C@H]([C@H](C)C[C@@H]2CC[C@@H](C(C)C)[C@H](OC)C2)CC(=O)[C@H](C)/C=C(\C)[C@@H](O)[C@@H](OC)C(=O)[C@H](C)C[C@H](C)/C=C/C=CC=C1C. The van der Waals surface area contributed by atoms with Gasteiger partial charge in [-0.2, -0.15) is 0 Å². The highest BCUT2D eigenvalue weighted by Crippen LogP contribution is 2.40. The number of ketones is 3. The summed E-state index contributed by atoms with van der Waals surface area (Å²) < 4.78 is 29.9. The standard InChI is InChI=1S/C54H85NO12/c1-32(2)42-24-22-40(29-47(42)64-11)28-36(6)46-31-44(56)35(5)27-38(8)49(58)50(65-12)48(57)37(7)26-33(3)18-14-13-15-19-34(4)45(63-10)30-41-23-21-39(9)54(62,67-41)51(59)52(60)55-25-17-16-20-43(55)53(61)66-46/h13-15,18-19,27,32-33,35-37,39-43,45-47,49-50,58,62H,16-17,20-26,28-31H2,1-12H3/b15-13?,18-14+,34-19?,38-27+/t33-,35-,36-,37-,39-,40+,41+,42+,43+,45+,46+,47-,49-,50+,54-/m1/s1. The van der Waals surface area contributed by atoms with Gasteiger partial charge in [-0.25, -0.2) is 4.79 Å². The van der Waals surface area contributed by atoms with Gasteiger partial charge in [0.2, 0.25) is 5.79 Å². The van der Waals surface area contributed by atoms with Crippen LogP contribution in [0.2, 0.25) is 0 Å². The van der Waals surface area contributed by atoms with Crippen LogP contribution in [-0.2, 0) is 47.7 Å². The lowest BCUT2D eigenvalue weighted by Gasteiger charge is -2.42. The van der Waals surface area contributed by atoms with E-state index in [2.05, 4.69) is 13.8 Å². The number of carbonyl (C=O) groups is 5. The average Bonchev–Trinajstić information content (AvgIpc) is 3.30. The fourth-order valence-electron chi connectivity index (χ4n) is 10.9. The lowest BCUT2D eigenvalue weighted by atomic mass is 9.72. The molecule has 0 radical (unpaired) electrons. The summed E-state index contributed by atoms with van der Waals surface area (Å²) in [5.41, 5.74) is 1.30. The molecule has 4 aliphatic rings. The topological polar surface area (TPSA) is 175 Å². The zero-order valence-electron chi connectivity index (χ0n) is 42.7. The van der Waals surface area contributed by atoms with E-state index in [1.807, 2.05) is 58.1 Å². The number of fused-ring (bicyclic) bond motifs is 3. The highest BCUT2D eigenvalue weighted by molar-refractivity contribution is 6.39. The first kappa shape index (κ1) is 56.3. The summed E-state index contributed by atoms with van der Waals surface area (Å²) in [6, 6.07) is -1.11. The van der Waals surface area contributed by atoms with E-state index in [9.17, 15) is 34.2 Å². The van der Waals surface area contributed by atoms with Crippen molar-refractivity contribution in [2.45, 2.75) is 188 Å². The number of nitrogens with zero attached hydrogens (tertiary/aromatic N) is 1. The molecule has 0 aromatic heterocycles. The van der Waals surface area contributed by atoms with E-state index >= 15 is 0 Å². The van der Waals surface area contributed by atoms with Crippen LogP contribution >= 0.6 is 0 Å². The van der Waals surface area contributed by atoms with Crippen molar-refractivity contribution in [3.63, 3.8) is 0 Å². The Bertz CT molecular complexity index is 1800. The van der Waals surface area contributed by atoms with E-state index in [-0.39, 0.29) is 54.8 Å². The minimum atomic E-state index is -2.41. The summed E-state index contributed by atoms with van der Waals surface area (Å²) in [4.78, 5) is 72.2. The quantitative estimate of drug-likeness (QED) is 0.143. The third-order valence-electron chi connectivity index (χ3n) is 15.4. The molecule has 3 fully saturated rings. The smallest absolute Gasteiger partial charge is 0.329 e. The maximum Gasteiger partial charge on any atom is 0.329 e. The summed E-state index contributed by atoms with van der Waals surface area (Å²) in [7, 11) is 4.73. The van der Waals surface area contributed by atoms with Crippen molar-refractivity contribution in [3.8, 4) is 0 Å². The van der Waals surface area contributed by atoms with Gasteiger partial charge in [-0.05, 0) is 119 Å². The first-order valence-electron chi connectivity index (χ1n) is 25.2. The van der Waals surface area contributed by atoms with Crippen molar-refractivity contribution in [1.29, 1.82) is 0 Å². The molecule has 2 bridgehead atoms. The highest BCUT2D eigenvalue weighted by atomic mass is 16.6. The Balaban J connectivity index is 1.71. The Labute approximate surface area is 401 Å². The van der Waals surface area contributed by atoms with Gasteiger partial charge in [-0.15, -0.1) is 0 Å². The maximum absolute atomic E-state index is 14.5. The lowest BCUT2D eigenvalue weighted by Crippen LogP contribution is -2.61. The Morgan fingerprint density at radius 1 is 0.836 bits per heavy atom. The zero-order chi connectivity index (χ0) is 49.7. The first-order chi connectivity index (χ1) is 31.7. The molecule has 3 heterocycles. The van der Waals surface area contributed by atoms with Crippen LogP contribution in [0, 0.1) is 47.3 Å². The van der Waals surface area contributed by atoms with Crippen LogP contribution in [0.5, 0.6) is 0 Å². The average molecular weight is 940 g/mol. The number of ether oxygens (including phenoxy) is 5. The number of methoxy groups -OCH3 is 3. The molecule has 15 atom stereocenters. The van der Waals surface area contributed by atoms with Crippen LogP contribution in [0.4, 0.5) is 0 Å². The number of hydrogen-bond acceptors (Lipinski definition) is 12. The molecule has 2 N–H and O–H groups in total. The van der Waals surface area contributed by atoms with Crippen LogP contribution in [-0.4, -0.2) is 121 Å². The van der Waals surface area contributed by atoms with Gasteiger partial charge in [0.05, 0.1) is 18.3 Å². The van der Waals surface area contributed by atoms with Gasteiger partial charge in [0.1, 0.15) is 30.1 Å². The second-order valence-corrected chi connectivity index (χ2v) is 20.9. The summed E-state index contributed by atoms with van der Waals surface area (Å²) in [5, 5.41) is 23.5. The Hall–Kier alpha value is -3.33. The summed E-state index contributed by atoms with van der Waals surface area (Å²) in [6.45, 7) is 17.4. The van der Waals surface area contributed by atoms with Crippen LogP contribution in [0.1, 0.15) is 139 Å².